The van der Waals surface area contributed by atoms with Gasteiger partial charge in [-0.25, -0.2) is 9.97 Å². The number of amides is 1. The van der Waals surface area contributed by atoms with Crippen LogP contribution in [0.4, 0.5) is 0 Å². The fraction of sp³-hybridized carbons (Fsp3) is 0.467. The number of H-pyrrole nitrogens is 1. The van der Waals surface area contributed by atoms with Crippen LogP contribution >= 0.6 is 0 Å². The maximum atomic E-state index is 13.1. The van der Waals surface area contributed by atoms with E-state index in [2.05, 4.69) is 107 Å². The van der Waals surface area contributed by atoms with Crippen LogP contribution in [-0.2, 0) is 25.6 Å². The number of Topliss-reactive ketones (excluding diaryl/α,β-unsaturated/α-hetero) is 2. The topological polar surface area (TPSA) is 126 Å². The molecule has 5 aromatic rings. The summed E-state index contributed by atoms with van der Waals surface area (Å²) in [4.78, 5) is 56.2. The minimum Gasteiger partial charge on any atom is -0.351 e. The Kier molecular flexibility index (Phi) is 13.8. The number of allylic oxidation sites excluding steroid dienone is 3. The molecular weight excluding hydrogens is 855 g/mol. The zero-order chi connectivity index (χ0) is 48.6. The van der Waals surface area contributed by atoms with E-state index in [4.69, 9.17) is 9.82 Å². The molecule has 3 aromatic carbocycles. The van der Waals surface area contributed by atoms with Crippen molar-refractivity contribution in [2.45, 2.75) is 156 Å². The van der Waals surface area contributed by atoms with E-state index in [-0.39, 0.29) is 34.7 Å². The first-order chi connectivity index (χ1) is 33.0. The Balaban J connectivity index is 0.763. The Labute approximate surface area is 408 Å². The Morgan fingerprint density at radius 1 is 0.899 bits per heavy atom. The van der Waals surface area contributed by atoms with Crippen LogP contribution in [-0.4, -0.2) is 38.1 Å². The van der Waals surface area contributed by atoms with Gasteiger partial charge in [-0.15, -0.1) is 0 Å². The molecule has 9 rings (SSSR count). The summed E-state index contributed by atoms with van der Waals surface area (Å²) in [5.41, 5.74) is 13.0. The van der Waals surface area contributed by atoms with Crippen LogP contribution in [0.2, 0.25) is 0 Å². The lowest BCUT2D eigenvalue weighted by Crippen LogP contribution is -2.30. The number of nitrogens with one attached hydrogen (secondary N) is 2. The fourth-order valence-corrected chi connectivity index (χ4v) is 12.2. The van der Waals surface area contributed by atoms with Gasteiger partial charge in [0.15, 0.2) is 0 Å². The summed E-state index contributed by atoms with van der Waals surface area (Å²) in [6.07, 6.45) is 20.2. The number of oxime groups is 1. The lowest BCUT2D eigenvalue weighted by Gasteiger charge is -2.43. The number of benzene rings is 3. The van der Waals surface area contributed by atoms with Crippen molar-refractivity contribution in [3.63, 3.8) is 0 Å². The van der Waals surface area contributed by atoms with Gasteiger partial charge in [0, 0.05) is 47.1 Å². The van der Waals surface area contributed by atoms with Crippen LogP contribution in [0.25, 0.3) is 33.2 Å². The standard InChI is InChI=1S/C60H71N5O4/c1-36(2)56(59(6,7)8)65-69-39(5)58(68)63-38(4)49-18-14-46(29-37(49)3)55-54-51-17-9-42(34-52(51)64-57(54)62-35-61-55)30-40-21-25-60(26-22-40)27-23-41(24-28-60)31-43-32-47(33-43)44-10-12-45(13-11-44)50-19-15-48(66)16-20-53(50)67/h9-14,17-18,23,29,34-35,38,40,43,47,50H,1,5,15-16,19-22,24-28,30-33H2,2-4,6-8H3,(H,63,68)(H,61,62,64)/b65-56+/t38-,40?,43?,47?,50-,60?/m1/s1. The lowest BCUT2D eigenvalue weighted by molar-refractivity contribution is -0.122. The van der Waals surface area contributed by atoms with Gasteiger partial charge in [-0.2, -0.15) is 0 Å². The molecule has 4 aliphatic rings. The molecule has 2 N–H and O–H groups in total. The van der Waals surface area contributed by atoms with E-state index in [0.29, 0.717) is 48.6 Å². The Morgan fingerprint density at radius 2 is 1.65 bits per heavy atom. The molecule has 4 aliphatic carbocycles. The SMILES string of the molecule is C=C(O/N=C(\C(=C)C)C(C)(C)C)C(=O)N[C@H](C)c1ccc(-c2ncnc3[nH]c4cc(CC5CCC6(CC=C(CC7CC(c8ccc([C@H]9CCC(=O)CCC9=O)cc8)C7)CC6)CC5)ccc4c23)cc1C. The monoisotopic (exact) mass is 926 g/mol. The number of fused-ring (bicyclic) bond motifs is 3. The number of aryl methyl sites for hydroxylation is 1. The number of aromatic nitrogens is 3. The molecule has 0 unspecified atom stereocenters. The molecule has 2 aromatic heterocycles. The Hall–Kier alpha value is -5.96. The maximum absolute atomic E-state index is 13.1. The van der Waals surface area contributed by atoms with E-state index < -0.39 is 5.91 Å². The number of ketones is 2. The molecule has 0 bridgehead atoms. The number of hydrogen-bond acceptors (Lipinski definition) is 7. The molecular formula is C60H71N5O4. The third-order valence-corrected chi connectivity index (χ3v) is 16.3. The van der Waals surface area contributed by atoms with Crippen molar-refractivity contribution in [2.24, 2.45) is 27.8 Å². The number of nitrogens with zero attached hydrogens (tertiary/aromatic N) is 3. The van der Waals surface area contributed by atoms with E-state index in [0.717, 1.165) is 67.8 Å². The smallest absolute Gasteiger partial charge is 0.289 e. The molecule has 3 saturated carbocycles. The van der Waals surface area contributed by atoms with Crippen LogP contribution in [0.15, 0.2) is 108 Å². The molecule has 3 fully saturated rings. The highest BCUT2D eigenvalue weighted by molar-refractivity contribution is 6.12. The summed E-state index contributed by atoms with van der Waals surface area (Å²) in [5, 5.41) is 9.36. The van der Waals surface area contributed by atoms with E-state index in [9.17, 15) is 14.4 Å². The molecule has 1 spiro atoms. The molecule has 2 atom stereocenters. The van der Waals surface area contributed by atoms with Crippen molar-refractivity contribution < 1.29 is 19.2 Å². The van der Waals surface area contributed by atoms with Crippen LogP contribution in [0.1, 0.15) is 170 Å². The lowest BCUT2D eigenvalue weighted by atomic mass is 9.62. The predicted molar refractivity (Wildman–Crippen MR) is 278 cm³/mol. The molecule has 0 aliphatic heterocycles. The fourth-order valence-electron chi connectivity index (χ4n) is 12.2. The van der Waals surface area contributed by atoms with E-state index >= 15 is 0 Å². The number of carbonyl (C=O) groups is 3. The highest BCUT2D eigenvalue weighted by Gasteiger charge is 2.38. The summed E-state index contributed by atoms with van der Waals surface area (Å²) < 4.78 is 0. The zero-order valence-corrected chi connectivity index (χ0v) is 41.8. The van der Waals surface area contributed by atoms with Crippen molar-refractivity contribution in [3.8, 4) is 11.3 Å². The Bertz CT molecular complexity index is 2860. The quantitative estimate of drug-likeness (QED) is 0.0302. The minimum atomic E-state index is -0.425. The van der Waals surface area contributed by atoms with Gasteiger partial charge < -0.3 is 15.1 Å². The first-order valence-corrected chi connectivity index (χ1v) is 25.6. The second kappa shape index (κ2) is 19.8. The van der Waals surface area contributed by atoms with Gasteiger partial charge in [-0.3, -0.25) is 14.4 Å². The van der Waals surface area contributed by atoms with Gasteiger partial charge in [0.05, 0.1) is 22.8 Å². The van der Waals surface area contributed by atoms with Crippen LogP contribution < -0.4 is 5.32 Å². The maximum Gasteiger partial charge on any atom is 0.289 e. The van der Waals surface area contributed by atoms with Crippen LogP contribution in [0.3, 0.4) is 0 Å². The largest absolute Gasteiger partial charge is 0.351 e. The number of rotatable bonds is 13. The number of hydrogen-bond donors (Lipinski definition) is 2. The average molecular weight is 926 g/mol. The average Bonchev–Trinajstić information content (AvgIpc) is 3.59. The van der Waals surface area contributed by atoms with Gasteiger partial charge in [0.25, 0.3) is 5.91 Å². The highest BCUT2D eigenvalue weighted by Crippen LogP contribution is 2.52. The first-order valence-electron chi connectivity index (χ1n) is 25.6. The van der Waals surface area contributed by atoms with Crippen molar-refractivity contribution in [2.75, 3.05) is 0 Å². The molecule has 1 amide bonds. The summed E-state index contributed by atoms with van der Waals surface area (Å²) in [6.45, 7) is 19.7. The van der Waals surface area contributed by atoms with Crippen LogP contribution in [0.5, 0.6) is 0 Å². The minimum absolute atomic E-state index is 0.0775. The summed E-state index contributed by atoms with van der Waals surface area (Å²) in [7, 11) is 0. The molecule has 360 valence electrons. The van der Waals surface area contributed by atoms with E-state index in [1.807, 2.05) is 34.6 Å². The van der Waals surface area contributed by atoms with Gasteiger partial charge >= 0.3 is 0 Å². The van der Waals surface area contributed by atoms with Gasteiger partial charge in [0.2, 0.25) is 5.76 Å². The predicted octanol–water partition coefficient (Wildman–Crippen LogP) is 14.0. The number of carbonyl (C=O) groups excluding carboxylic acids is 3. The molecule has 69 heavy (non-hydrogen) atoms. The third-order valence-electron chi connectivity index (χ3n) is 16.3. The summed E-state index contributed by atoms with van der Waals surface area (Å²) >= 11 is 0. The third kappa shape index (κ3) is 10.6. The second-order valence-corrected chi connectivity index (χ2v) is 22.4. The number of aromatic amines is 1. The van der Waals surface area contributed by atoms with Crippen molar-refractivity contribution in [1.82, 2.24) is 20.3 Å². The van der Waals surface area contributed by atoms with Crippen molar-refractivity contribution in [1.29, 1.82) is 0 Å². The zero-order valence-electron chi connectivity index (χ0n) is 41.8. The van der Waals surface area contributed by atoms with E-state index in [1.165, 1.54) is 75.3 Å². The molecule has 0 radical (unpaired) electrons. The van der Waals surface area contributed by atoms with Gasteiger partial charge in [-0.1, -0.05) is 92.7 Å². The van der Waals surface area contributed by atoms with Crippen LogP contribution in [0, 0.1) is 29.6 Å². The molecule has 9 heteroatoms. The van der Waals surface area contributed by atoms with E-state index in [1.54, 1.807) is 11.9 Å². The molecule has 9 nitrogen and oxygen atoms in total. The Morgan fingerprint density at radius 3 is 2.35 bits per heavy atom. The highest BCUT2D eigenvalue weighted by atomic mass is 16.6. The van der Waals surface area contributed by atoms with Gasteiger partial charge in [-0.05, 0) is 173 Å². The summed E-state index contributed by atoms with van der Waals surface area (Å²) in [5.74, 6) is 1.95. The normalized spacial score (nSPS) is 23.9. The molecule has 0 saturated heterocycles. The molecule has 2 heterocycles. The second-order valence-electron chi connectivity index (χ2n) is 22.4. The van der Waals surface area contributed by atoms with Crippen molar-refractivity contribution >= 4 is 45.1 Å². The first kappa shape index (κ1) is 48.1. The van der Waals surface area contributed by atoms with Crippen molar-refractivity contribution in [3.05, 3.63) is 131 Å². The summed E-state index contributed by atoms with van der Waals surface area (Å²) in [6, 6.07) is 21.7. The van der Waals surface area contributed by atoms with Gasteiger partial charge in [0.1, 0.15) is 23.5 Å².